The number of amides is 3. The average molecular weight is 421 g/mol. The highest BCUT2D eigenvalue weighted by atomic mass is 32.2. The number of thiazole rings is 1. The zero-order valence-corrected chi connectivity index (χ0v) is 16.8. The van der Waals surface area contributed by atoms with Crippen LogP contribution in [0.15, 0.2) is 34.0 Å². The van der Waals surface area contributed by atoms with Crippen LogP contribution in [-0.2, 0) is 11.2 Å². The number of Topliss-reactive ketones (excluding diaryl/α,β-unsaturated/α-hetero) is 1. The van der Waals surface area contributed by atoms with Crippen LogP contribution in [0.1, 0.15) is 16.1 Å². The molecule has 148 valence electrons. The second-order valence-corrected chi connectivity index (χ2v) is 8.31. The number of nitrogens with one attached hydrogen (secondary N) is 1. The van der Waals surface area contributed by atoms with Crippen LogP contribution < -0.4 is 15.8 Å². The third kappa shape index (κ3) is 5.23. The van der Waals surface area contributed by atoms with E-state index in [2.05, 4.69) is 10.3 Å². The van der Waals surface area contributed by atoms with E-state index in [1.54, 1.807) is 31.4 Å². The van der Waals surface area contributed by atoms with E-state index in [1.807, 2.05) is 5.38 Å². The van der Waals surface area contributed by atoms with Crippen molar-refractivity contribution >= 4 is 40.8 Å². The number of methoxy groups -OCH3 is 1. The van der Waals surface area contributed by atoms with Gasteiger partial charge >= 0.3 is 6.03 Å². The summed E-state index contributed by atoms with van der Waals surface area (Å²) in [6.07, 6.45) is 0.163. The van der Waals surface area contributed by atoms with Gasteiger partial charge in [0.05, 0.1) is 31.0 Å². The van der Waals surface area contributed by atoms with E-state index in [0.717, 1.165) is 4.34 Å². The fraction of sp³-hybridized carbons (Fsp3) is 0.333. The summed E-state index contributed by atoms with van der Waals surface area (Å²) in [4.78, 5) is 41.1. The maximum absolute atomic E-state index is 12.3. The molecule has 1 aromatic carbocycles. The summed E-state index contributed by atoms with van der Waals surface area (Å²) in [5, 5.41) is 4.66. The van der Waals surface area contributed by atoms with Crippen LogP contribution in [0.3, 0.4) is 0 Å². The molecule has 1 aromatic heterocycles. The smallest absolute Gasteiger partial charge is 0.314 e. The lowest BCUT2D eigenvalue weighted by atomic mass is 10.1. The molecule has 0 atom stereocenters. The molecule has 0 aliphatic carbocycles. The topological polar surface area (TPSA) is 115 Å². The number of carbonyl (C=O) groups excluding carboxylic acids is 3. The molecule has 3 rings (SSSR count). The van der Waals surface area contributed by atoms with Crippen LogP contribution in [0.5, 0.6) is 5.75 Å². The van der Waals surface area contributed by atoms with E-state index in [0.29, 0.717) is 30.1 Å². The molecule has 0 unspecified atom stereocenters. The van der Waals surface area contributed by atoms with Crippen molar-refractivity contribution in [2.45, 2.75) is 16.8 Å². The third-order valence-electron chi connectivity index (χ3n) is 4.17. The normalized spacial score (nSPS) is 13.7. The van der Waals surface area contributed by atoms with E-state index in [1.165, 1.54) is 28.0 Å². The zero-order valence-electron chi connectivity index (χ0n) is 15.2. The molecule has 1 fully saturated rings. The van der Waals surface area contributed by atoms with Crippen molar-refractivity contribution < 1.29 is 19.1 Å². The molecule has 1 aliphatic rings. The number of aromatic nitrogens is 1. The van der Waals surface area contributed by atoms with Crippen LogP contribution in [0, 0.1) is 0 Å². The SMILES string of the molecule is COc1ccc(C(=O)CSc2nc(CC(=O)NC3CN(C(N)=O)C3)cs2)cc1. The predicted molar refractivity (Wildman–Crippen MR) is 107 cm³/mol. The molecule has 28 heavy (non-hydrogen) atoms. The van der Waals surface area contributed by atoms with Crippen LogP contribution in [0.4, 0.5) is 4.79 Å². The number of benzene rings is 1. The second-order valence-electron chi connectivity index (χ2n) is 6.23. The summed E-state index contributed by atoms with van der Waals surface area (Å²) < 4.78 is 5.83. The van der Waals surface area contributed by atoms with Gasteiger partial charge in [0.2, 0.25) is 5.91 Å². The summed E-state index contributed by atoms with van der Waals surface area (Å²) >= 11 is 2.76. The number of rotatable bonds is 8. The molecular weight excluding hydrogens is 400 g/mol. The van der Waals surface area contributed by atoms with Crippen LogP contribution in [0.2, 0.25) is 0 Å². The molecule has 2 heterocycles. The van der Waals surface area contributed by atoms with Crippen molar-refractivity contribution in [1.29, 1.82) is 0 Å². The summed E-state index contributed by atoms with van der Waals surface area (Å²) in [7, 11) is 1.58. The molecule has 10 heteroatoms. The lowest BCUT2D eigenvalue weighted by molar-refractivity contribution is -0.122. The van der Waals surface area contributed by atoms with Crippen LogP contribution >= 0.6 is 23.1 Å². The van der Waals surface area contributed by atoms with Gasteiger partial charge in [0.15, 0.2) is 10.1 Å². The second kappa shape index (κ2) is 9.07. The number of primary amides is 1. The van der Waals surface area contributed by atoms with Gasteiger partial charge in [-0.25, -0.2) is 9.78 Å². The van der Waals surface area contributed by atoms with Gasteiger partial charge in [-0.15, -0.1) is 11.3 Å². The summed E-state index contributed by atoms with van der Waals surface area (Å²) in [5.41, 5.74) is 6.43. The number of likely N-dealkylation sites (tertiary alicyclic amines) is 1. The van der Waals surface area contributed by atoms with Crippen molar-refractivity contribution in [3.8, 4) is 5.75 Å². The first-order valence-electron chi connectivity index (χ1n) is 8.53. The minimum Gasteiger partial charge on any atom is -0.497 e. The zero-order chi connectivity index (χ0) is 20.1. The molecular formula is C18H20N4O4S2. The van der Waals surface area contributed by atoms with E-state index in [9.17, 15) is 14.4 Å². The number of nitrogens with zero attached hydrogens (tertiary/aromatic N) is 2. The highest BCUT2D eigenvalue weighted by Crippen LogP contribution is 2.24. The summed E-state index contributed by atoms with van der Waals surface area (Å²) in [5.74, 6) is 0.837. The van der Waals surface area contributed by atoms with Crippen molar-refractivity contribution in [1.82, 2.24) is 15.2 Å². The summed E-state index contributed by atoms with van der Waals surface area (Å²) in [6, 6.07) is 6.44. The average Bonchev–Trinajstić information content (AvgIpc) is 3.09. The number of hydrogen-bond donors (Lipinski definition) is 2. The van der Waals surface area contributed by atoms with Gasteiger partial charge in [-0.2, -0.15) is 0 Å². The molecule has 1 aliphatic heterocycles. The Morgan fingerprint density at radius 1 is 1.32 bits per heavy atom. The molecule has 8 nitrogen and oxygen atoms in total. The summed E-state index contributed by atoms with van der Waals surface area (Å²) in [6.45, 7) is 0.874. The van der Waals surface area contributed by atoms with E-state index in [4.69, 9.17) is 10.5 Å². The first-order valence-corrected chi connectivity index (χ1v) is 10.4. The van der Waals surface area contributed by atoms with Gasteiger partial charge < -0.3 is 20.7 Å². The Bertz CT molecular complexity index is 863. The fourth-order valence-electron chi connectivity index (χ4n) is 2.62. The molecule has 0 radical (unpaired) electrons. The Morgan fingerprint density at radius 2 is 2.04 bits per heavy atom. The highest BCUT2D eigenvalue weighted by molar-refractivity contribution is 8.01. The molecule has 3 N–H and O–H groups in total. The number of ketones is 1. The van der Waals surface area contributed by atoms with Gasteiger partial charge in [-0.05, 0) is 24.3 Å². The van der Waals surface area contributed by atoms with Crippen molar-refractivity contribution in [3.63, 3.8) is 0 Å². The first-order chi connectivity index (χ1) is 13.4. The van der Waals surface area contributed by atoms with Gasteiger partial charge in [-0.3, -0.25) is 9.59 Å². The predicted octanol–water partition coefficient (Wildman–Crippen LogP) is 1.55. The molecule has 2 aromatic rings. The van der Waals surface area contributed by atoms with Crippen LogP contribution in [-0.4, -0.2) is 59.6 Å². The van der Waals surface area contributed by atoms with Gasteiger partial charge in [0.25, 0.3) is 0 Å². The standard InChI is InChI=1S/C18H20N4O4S2/c1-26-14-4-2-11(3-5-14)15(23)10-28-18-21-12(9-27-18)6-16(24)20-13-7-22(8-13)17(19)25/h2-5,9,13H,6-8,10H2,1H3,(H2,19,25)(H,20,24). The maximum atomic E-state index is 12.3. The highest BCUT2D eigenvalue weighted by Gasteiger charge is 2.30. The molecule has 0 bridgehead atoms. The van der Waals surface area contributed by atoms with Crippen molar-refractivity contribution in [2.24, 2.45) is 5.73 Å². The Balaban J connectivity index is 1.43. The minimum atomic E-state index is -0.476. The van der Waals surface area contributed by atoms with E-state index in [-0.39, 0.29) is 29.9 Å². The van der Waals surface area contributed by atoms with Gasteiger partial charge in [0, 0.05) is 24.0 Å². The van der Waals surface area contributed by atoms with E-state index >= 15 is 0 Å². The van der Waals surface area contributed by atoms with Crippen molar-refractivity contribution in [3.05, 3.63) is 40.9 Å². The lowest BCUT2D eigenvalue weighted by Crippen LogP contribution is -2.62. The van der Waals surface area contributed by atoms with Gasteiger partial charge in [-0.1, -0.05) is 11.8 Å². The molecule has 1 saturated heterocycles. The fourth-order valence-corrected chi connectivity index (χ4v) is 4.36. The number of carbonyl (C=O) groups is 3. The number of nitrogens with two attached hydrogens (primary N) is 1. The number of ether oxygens (including phenoxy) is 1. The molecule has 0 saturated carbocycles. The minimum absolute atomic E-state index is 0.00568. The Hall–Kier alpha value is -2.59. The molecule has 0 spiro atoms. The first kappa shape index (κ1) is 20.2. The number of thioether (sulfide) groups is 1. The Kier molecular flexibility index (Phi) is 6.53. The third-order valence-corrected chi connectivity index (χ3v) is 6.24. The van der Waals surface area contributed by atoms with Crippen LogP contribution in [0.25, 0.3) is 0 Å². The largest absolute Gasteiger partial charge is 0.497 e. The van der Waals surface area contributed by atoms with Crippen molar-refractivity contribution in [2.75, 3.05) is 26.0 Å². The Labute approximate surface area is 170 Å². The number of hydrogen-bond acceptors (Lipinski definition) is 7. The molecule has 3 amide bonds. The monoisotopic (exact) mass is 420 g/mol. The lowest BCUT2D eigenvalue weighted by Gasteiger charge is -2.38. The quantitative estimate of drug-likeness (QED) is 0.495. The maximum Gasteiger partial charge on any atom is 0.314 e. The number of urea groups is 1. The Morgan fingerprint density at radius 3 is 2.68 bits per heavy atom. The van der Waals surface area contributed by atoms with E-state index < -0.39 is 6.03 Å². The van der Waals surface area contributed by atoms with Gasteiger partial charge in [0.1, 0.15) is 5.75 Å².